The van der Waals surface area contributed by atoms with Gasteiger partial charge in [0.15, 0.2) is 0 Å². The third-order valence-electron chi connectivity index (χ3n) is 1.60. The van der Waals surface area contributed by atoms with E-state index >= 15 is 0 Å². The molecule has 0 radical (unpaired) electrons. The van der Waals surface area contributed by atoms with Gasteiger partial charge in [-0.2, -0.15) is 5.92 Å². The maximum absolute atomic E-state index is 4.03. The second kappa shape index (κ2) is 3.94. The van der Waals surface area contributed by atoms with Crippen molar-refractivity contribution in [1.82, 2.24) is 0 Å². The Morgan fingerprint density at radius 2 is 1.88 bits per heavy atom. The molecule has 0 N–H and O–H groups in total. The second-order valence-electron chi connectivity index (χ2n) is 2.79. The highest BCUT2D eigenvalue weighted by atomic mass is 14.1. The van der Waals surface area contributed by atoms with Crippen LogP contribution in [0.15, 0.2) is 0 Å². The maximum atomic E-state index is 4.03. The predicted molar refractivity (Wildman–Crippen MR) is 38.6 cm³/mol. The van der Waals surface area contributed by atoms with Gasteiger partial charge in [-0.15, -0.1) is 0 Å². The molecule has 0 aromatic rings. The molecular weight excluding hydrogens is 96.1 g/mol. The molecule has 0 bridgehead atoms. The van der Waals surface area contributed by atoms with Crippen molar-refractivity contribution < 1.29 is 0 Å². The Balaban J connectivity index is 3.17. The first kappa shape index (κ1) is 8.00. The van der Waals surface area contributed by atoms with E-state index in [4.69, 9.17) is 0 Å². The topological polar surface area (TPSA) is 0 Å². The first-order valence-electron chi connectivity index (χ1n) is 3.51. The van der Waals surface area contributed by atoms with Crippen LogP contribution in [-0.2, 0) is 0 Å². The van der Waals surface area contributed by atoms with Crippen molar-refractivity contribution in [2.75, 3.05) is 0 Å². The Morgan fingerprint density at radius 3 is 2.00 bits per heavy atom. The van der Waals surface area contributed by atoms with Gasteiger partial charge < -0.3 is 6.92 Å². The summed E-state index contributed by atoms with van der Waals surface area (Å²) in [7, 11) is 0. The summed E-state index contributed by atoms with van der Waals surface area (Å²) in [6.45, 7) is 10.7. The van der Waals surface area contributed by atoms with Crippen LogP contribution in [0.4, 0.5) is 0 Å². The molecule has 0 aliphatic heterocycles. The molecule has 0 saturated heterocycles. The summed E-state index contributed by atoms with van der Waals surface area (Å²) in [5.41, 5.74) is 0. The van der Waals surface area contributed by atoms with E-state index in [2.05, 4.69) is 27.7 Å². The van der Waals surface area contributed by atoms with E-state index in [9.17, 15) is 0 Å². The fraction of sp³-hybridized carbons (Fsp3) is 0.875. The van der Waals surface area contributed by atoms with Crippen molar-refractivity contribution >= 4 is 0 Å². The molecule has 0 heteroatoms. The summed E-state index contributed by atoms with van der Waals surface area (Å²) in [6, 6.07) is 0. The van der Waals surface area contributed by atoms with E-state index in [1.807, 2.05) is 0 Å². The third kappa shape index (κ3) is 3.06. The van der Waals surface area contributed by atoms with Crippen molar-refractivity contribution in [2.24, 2.45) is 11.8 Å². The lowest BCUT2D eigenvalue weighted by atomic mass is 9.94. The number of hydrogen-bond donors (Lipinski definition) is 0. The van der Waals surface area contributed by atoms with Crippen LogP contribution in [-0.4, -0.2) is 0 Å². The zero-order chi connectivity index (χ0) is 6.57. The summed E-state index contributed by atoms with van der Waals surface area (Å²) in [6.07, 6.45) is 2.55. The highest BCUT2D eigenvalue weighted by Crippen LogP contribution is 2.14. The fourth-order valence-corrected chi connectivity index (χ4v) is 0.704. The molecule has 0 aliphatic carbocycles. The average molecular weight is 113 g/mol. The first-order valence-corrected chi connectivity index (χ1v) is 3.51. The van der Waals surface area contributed by atoms with Crippen molar-refractivity contribution in [3.63, 3.8) is 0 Å². The molecule has 0 saturated carbocycles. The Kier molecular flexibility index (Phi) is 3.94. The molecule has 0 aromatic carbocycles. The van der Waals surface area contributed by atoms with Crippen LogP contribution >= 0.6 is 0 Å². The lowest BCUT2D eigenvalue weighted by Crippen LogP contribution is -2.02. The third-order valence-corrected chi connectivity index (χ3v) is 1.60. The Labute approximate surface area is 53.3 Å². The number of rotatable bonds is 3. The van der Waals surface area contributed by atoms with Crippen molar-refractivity contribution in [3.05, 3.63) is 6.92 Å². The summed E-state index contributed by atoms with van der Waals surface area (Å²) in [5.74, 6) is 1.43. The van der Waals surface area contributed by atoms with Crippen LogP contribution in [0.2, 0.25) is 0 Å². The largest absolute Gasteiger partial charge is 0.340 e. The lowest BCUT2D eigenvalue weighted by Gasteiger charge is -2.20. The molecular formula is C8H17-. The molecule has 8 heavy (non-hydrogen) atoms. The van der Waals surface area contributed by atoms with Gasteiger partial charge in [0, 0.05) is 0 Å². The molecule has 0 heterocycles. The van der Waals surface area contributed by atoms with E-state index in [0.29, 0.717) is 5.92 Å². The van der Waals surface area contributed by atoms with Crippen molar-refractivity contribution in [3.8, 4) is 0 Å². The molecule has 0 aromatic heterocycles. The zero-order valence-electron chi connectivity index (χ0n) is 6.28. The van der Waals surface area contributed by atoms with E-state index in [1.165, 1.54) is 12.8 Å². The minimum absolute atomic E-state index is 0.667. The Bertz CT molecular complexity index is 46.0. The van der Waals surface area contributed by atoms with Gasteiger partial charge >= 0.3 is 0 Å². The van der Waals surface area contributed by atoms with Crippen LogP contribution in [0, 0.1) is 18.8 Å². The standard InChI is InChI=1S/C8H17/c1-5-6-8(4)7(2)3/h7-8H,4-6H2,1-3H3/q-1. The van der Waals surface area contributed by atoms with Gasteiger partial charge in [0.2, 0.25) is 0 Å². The highest BCUT2D eigenvalue weighted by Gasteiger charge is 1.96. The van der Waals surface area contributed by atoms with E-state index in [-0.39, 0.29) is 0 Å². The minimum Gasteiger partial charge on any atom is -0.340 e. The van der Waals surface area contributed by atoms with Gasteiger partial charge in [-0.3, -0.25) is 0 Å². The SMILES string of the molecule is [CH2-]C(CCC)C(C)C. The van der Waals surface area contributed by atoms with Crippen LogP contribution in [0.3, 0.4) is 0 Å². The van der Waals surface area contributed by atoms with Crippen LogP contribution in [0.1, 0.15) is 33.6 Å². The summed E-state index contributed by atoms with van der Waals surface area (Å²) < 4.78 is 0. The lowest BCUT2D eigenvalue weighted by molar-refractivity contribution is 0.429. The molecule has 1 unspecified atom stereocenters. The van der Waals surface area contributed by atoms with Crippen molar-refractivity contribution in [1.29, 1.82) is 0 Å². The van der Waals surface area contributed by atoms with E-state index in [1.54, 1.807) is 0 Å². The van der Waals surface area contributed by atoms with Gasteiger partial charge in [0.25, 0.3) is 0 Å². The van der Waals surface area contributed by atoms with Gasteiger partial charge in [-0.1, -0.05) is 39.5 Å². The second-order valence-corrected chi connectivity index (χ2v) is 2.79. The summed E-state index contributed by atoms with van der Waals surface area (Å²) in [4.78, 5) is 0. The highest BCUT2D eigenvalue weighted by molar-refractivity contribution is 4.63. The van der Waals surface area contributed by atoms with Gasteiger partial charge in [-0.25, -0.2) is 0 Å². The average Bonchev–Trinajstić information content (AvgIpc) is 1.67. The van der Waals surface area contributed by atoms with E-state index in [0.717, 1.165) is 5.92 Å². The van der Waals surface area contributed by atoms with Gasteiger partial charge in [0.1, 0.15) is 0 Å². The van der Waals surface area contributed by atoms with E-state index < -0.39 is 0 Å². The molecule has 0 amide bonds. The van der Waals surface area contributed by atoms with Crippen LogP contribution < -0.4 is 0 Å². The summed E-state index contributed by atoms with van der Waals surface area (Å²) >= 11 is 0. The molecule has 0 nitrogen and oxygen atoms in total. The molecule has 50 valence electrons. The molecule has 0 aliphatic rings. The molecule has 1 atom stereocenters. The zero-order valence-corrected chi connectivity index (χ0v) is 6.28. The smallest absolute Gasteiger partial charge is 0.0584 e. The Hall–Kier alpha value is 0. The quantitative estimate of drug-likeness (QED) is 0.494. The van der Waals surface area contributed by atoms with Crippen LogP contribution in [0.25, 0.3) is 0 Å². The monoisotopic (exact) mass is 113 g/mol. The minimum atomic E-state index is 0.667. The first-order chi connectivity index (χ1) is 3.68. The van der Waals surface area contributed by atoms with Gasteiger partial charge in [-0.05, 0) is 0 Å². The number of hydrogen-bond acceptors (Lipinski definition) is 0. The molecule has 0 spiro atoms. The fourth-order valence-electron chi connectivity index (χ4n) is 0.704. The predicted octanol–water partition coefficient (Wildman–Crippen LogP) is 2.89. The Morgan fingerprint density at radius 1 is 1.38 bits per heavy atom. The van der Waals surface area contributed by atoms with Crippen molar-refractivity contribution in [2.45, 2.75) is 33.6 Å². The maximum Gasteiger partial charge on any atom is -0.0584 e. The van der Waals surface area contributed by atoms with Crippen LogP contribution in [0.5, 0.6) is 0 Å². The normalized spacial score (nSPS) is 14.6. The molecule has 0 fully saturated rings. The summed E-state index contributed by atoms with van der Waals surface area (Å²) in [5, 5.41) is 0. The van der Waals surface area contributed by atoms with Gasteiger partial charge in [0.05, 0.1) is 0 Å². The molecule has 0 rings (SSSR count).